The monoisotopic (exact) mass is 501 g/mol. The molecule has 35 heavy (non-hydrogen) atoms. The Kier molecular flexibility index (Phi) is 11.2. The van der Waals surface area contributed by atoms with E-state index in [-0.39, 0.29) is 24.8 Å². The number of nitrogens with one attached hydrogen (secondary N) is 1. The second-order valence-corrected chi connectivity index (χ2v) is 10.7. The van der Waals surface area contributed by atoms with Gasteiger partial charge in [0.15, 0.2) is 0 Å². The molecule has 1 atom stereocenters. The highest BCUT2D eigenvalue weighted by atomic mass is 32.2. The van der Waals surface area contributed by atoms with E-state index >= 15 is 0 Å². The normalized spacial score (nSPS) is 12.1. The Bertz CT molecular complexity index is 1040. The molecule has 7 nitrogen and oxygen atoms in total. The molecule has 0 bridgehead atoms. The van der Waals surface area contributed by atoms with Gasteiger partial charge in [-0.05, 0) is 55.9 Å². The van der Waals surface area contributed by atoms with Gasteiger partial charge in [-0.2, -0.15) is 0 Å². The highest BCUT2D eigenvalue weighted by molar-refractivity contribution is 7.92. The van der Waals surface area contributed by atoms with Crippen LogP contribution >= 0.6 is 0 Å². The Hall–Kier alpha value is -2.87. The van der Waals surface area contributed by atoms with Gasteiger partial charge in [-0.25, -0.2) is 8.42 Å². The molecule has 0 aliphatic rings. The first-order valence-electron chi connectivity index (χ1n) is 12.3. The van der Waals surface area contributed by atoms with Gasteiger partial charge in [-0.15, -0.1) is 0 Å². The average Bonchev–Trinajstić information content (AvgIpc) is 2.85. The van der Waals surface area contributed by atoms with E-state index in [9.17, 15) is 18.0 Å². The van der Waals surface area contributed by atoms with Crippen LogP contribution in [0, 0.1) is 0 Å². The molecule has 0 aliphatic carbocycles. The van der Waals surface area contributed by atoms with Crippen LogP contribution in [0.3, 0.4) is 0 Å². The largest absolute Gasteiger partial charge is 0.354 e. The van der Waals surface area contributed by atoms with E-state index in [2.05, 4.69) is 5.32 Å². The van der Waals surface area contributed by atoms with Crippen LogP contribution in [0.25, 0.3) is 0 Å². The van der Waals surface area contributed by atoms with Crippen molar-refractivity contribution in [1.82, 2.24) is 10.2 Å². The fourth-order valence-electron chi connectivity index (χ4n) is 3.87. The third-order valence-electron chi connectivity index (χ3n) is 5.99. The van der Waals surface area contributed by atoms with Crippen molar-refractivity contribution in [2.24, 2.45) is 0 Å². The van der Waals surface area contributed by atoms with E-state index in [1.807, 2.05) is 56.3 Å². The smallest absolute Gasteiger partial charge is 0.242 e. The first-order chi connectivity index (χ1) is 16.7. The maximum absolute atomic E-state index is 13.2. The van der Waals surface area contributed by atoms with Gasteiger partial charge in [0, 0.05) is 26.1 Å². The van der Waals surface area contributed by atoms with E-state index in [4.69, 9.17) is 0 Å². The number of aryl methyl sites for hydroxylation is 1. The Morgan fingerprint density at radius 2 is 1.60 bits per heavy atom. The fraction of sp³-hybridized carbons (Fsp3) is 0.481. The van der Waals surface area contributed by atoms with Crippen LogP contribution in [0.15, 0.2) is 54.6 Å². The number of nitrogens with zero attached hydrogens (tertiary/aromatic N) is 2. The maximum Gasteiger partial charge on any atom is 0.242 e. The summed E-state index contributed by atoms with van der Waals surface area (Å²) in [7, 11) is -3.50. The molecule has 0 heterocycles. The highest BCUT2D eigenvalue weighted by Crippen LogP contribution is 2.20. The van der Waals surface area contributed by atoms with Gasteiger partial charge >= 0.3 is 0 Å². The summed E-state index contributed by atoms with van der Waals surface area (Å²) in [6, 6.07) is 16.7. The topological polar surface area (TPSA) is 86.8 Å². The quantitative estimate of drug-likeness (QED) is 0.427. The summed E-state index contributed by atoms with van der Waals surface area (Å²) in [5, 5.41) is 2.87. The third kappa shape index (κ3) is 9.02. The van der Waals surface area contributed by atoms with Crippen LogP contribution in [0.4, 0.5) is 5.69 Å². The minimum atomic E-state index is -3.50. The lowest BCUT2D eigenvalue weighted by Crippen LogP contribution is -2.49. The molecule has 1 N–H and O–H groups in total. The minimum absolute atomic E-state index is 0.152. The van der Waals surface area contributed by atoms with Crippen LogP contribution in [0.5, 0.6) is 0 Å². The molecule has 0 radical (unpaired) electrons. The molecule has 8 heteroatoms. The van der Waals surface area contributed by atoms with Crippen LogP contribution in [0.1, 0.15) is 51.2 Å². The standard InChI is InChI=1S/C27H39N3O4S/c1-5-19-28-27(32)22(3)29(21-18-24-11-8-7-9-12-24)26(31)13-10-20-30(35(4,33)34)25-16-14-23(6-2)15-17-25/h7-9,11-12,14-17,22H,5-6,10,13,18-21H2,1-4H3,(H,28,32)/t22-/m1/s1. The van der Waals surface area contributed by atoms with Crippen LogP contribution < -0.4 is 9.62 Å². The lowest BCUT2D eigenvalue weighted by molar-refractivity contribution is -0.139. The number of hydrogen-bond donors (Lipinski definition) is 1. The first-order valence-corrected chi connectivity index (χ1v) is 14.2. The third-order valence-corrected chi connectivity index (χ3v) is 7.18. The molecule has 2 amide bonds. The number of rotatable bonds is 14. The lowest BCUT2D eigenvalue weighted by atomic mass is 10.1. The van der Waals surface area contributed by atoms with Crippen LogP contribution in [-0.4, -0.2) is 57.1 Å². The van der Waals surface area contributed by atoms with Crippen molar-refractivity contribution in [1.29, 1.82) is 0 Å². The van der Waals surface area contributed by atoms with E-state index in [0.717, 1.165) is 24.0 Å². The molecule has 0 aromatic heterocycles. The van der Waals surface area contributed by atoms with Crippen molar-refractivity contribution in [3.8, 4) is 0 Å². The van der Waals surface area contributed by atoms with Gasteiger partial charge in [-0.1, -0.05) is 56.3 Å². The molecule has 0 spiro atoms. The summed E-state index contributed by atoms with van der Waals surface area (Å²) in [6.07, 6.45) is 4.01. The van der Waals surface area contributed by atoms with Crippen molar-refractivity contribution in [2.45, 2.75) is 58.9 Å². The molecule has 0 fully saturated rings. The van der Waals surface area contributed by atoms with Crippen molar-refractivity contribution in [3.05, 3.63) is 65.7 Å². The molecule has 0 unspecified atom stereocenters. The molecular formula is C27H39N3O4S. The summed E-state index contributed by atoms with van der Waals surface area (Å²) in [5.74, 6) is -0.336. The van der Waals surface area contributed by atoms with Gasteiger partial charge in [0.1, 0.15) is 6.04 Å². The zero-order valence-corrected chi connectivity index (χ0v) is 22.2. The molecule has 2 rings (SSSR count). The maximum atomic E-state index is 13.2. The lowest BCUT2D eigenvalue weighted by Gasteiger charge is -2.29. The molecule has 0 aliphatic heterocycles. The molecule has 2 aromatic rings. The number of carbonyl (C=O) groups is 2. The number of sulfonamides is 1. The van der Waals surface area contributed by atoms with E-state index in [1.54, 1.807) is 24.0 Å². The van der Waals surface area contributed by atoms with Crippen LogP contribution in [-0.2, 0) is 32.5 Å². The van der Waals surface area contributed by atoms with Gasteiger partial charge in [0.05, 0.1) is 11.9 Å². The molecular weight excluding hydrogens is 462 g/mol. The number of carbonyl (C=O) groups excluding carboxylic acids is 2. The van der Waals surface area contributed by atoms with E-state index in [1.165, 1.54) is 10.6 Å². The number of amides is 2. The summed E-state index contributed by atoms with van der Waals surface area (Å²) in [4.78, 5) is 27.4. The van der Waals surface area contributed by atoms with Crippen LogP contribution in [0.2, 0.25) is 0 Å². The molecule has 2 aromatic carbocycles. The van der Waals surface area contributed by atoms with Gasteiger partial charge in [0.2, 0.25) is 21.8 Å². The predicted molar refractivity (Wildman–Crippen MR) is 142 cm³/mol. The van der Waals surface area contributed by atoms with Gasteiger partial charge in [-0.3, -0.25) is 13.9 Å². The van der Waals surface area contributed by atoms with Crippen molar-refractivity contribution in [3.63, 3.8) is 0 Å². The fourth-order valence-corrected chi connectivity index (χ4v) is 4.83. The van der Waals surface area contributed by atoms with Gasteiger partial charge in [0.25, 0.3) is 0 Å². The first kappa shape index (κ1) is 28.4. The highest BCUT2D eigenvalue weighted by Gasteiger charge is 2.26. The van der Waals surface area contributed by atoms with E-state index in [0.29, 0.717) is 31.6 Å². The summed E-state index contributed by atoms with van der Waals surface area (Å²) in [5.41, 5.74) is 2.80. The molecule has 0 saturated carbocycles. The van der Waals surface area contributed by atoms with Gasteiger partial charge < -0.3 is 10.2 Å². The summed E-state index contributed by atoms with van der Waals surface area (Å²) < 4.78 is 26.2. The molecule has 192 valence electrons. The second kappa shape index (κ2) is 13.9. The second-order valence-electron chi connectivity index (χ2n) is 8.75. The van der Waals surface area contributed by atoms with E-state index < -0.39 is 16.1 Å². The summed E-state index contributed by atoms with van der Waals surface area (Å²) in [6.45, 7) is 6.93. The predicted octanol–water partition coefficient (Wildman–Crippen LogP) is 3.78. The Labute approximate surface area is 210 Å². The number of hydrogen-bond acceptors (Lipinski definition) is 4. The number of anilines is 1. The van der Waals surface area contributed by atoms with Crippen molar-refractivity contribution in [2.75, 3.05) is 30.2 Å². The average molecular weight is 502 g/mol. The minimum Gasteiger partial charge on any atom is -0.354 e. The Balaban J connectivity index is 2.08. The zero-order valence-electron chi connectivity index (χ0n) is 21.4. The number of benzene rings is 2. The summed E-state index contributed by atoms with van der Waals surface area (Å²) >= 11 is 0. The SMILES string of the molecule is CCCNC(=O)[C@@H](C)N(CCc1ccccc1)C(=O)CCCN(c1ccc(CC)cc1)S(C)(=O)=O. The Morgan fingerprint density at radius 3 is 2.17 bits per heavy atom. The van der Waals surface area contributed by atoms with Crippen molar-refractivity contribution >= 4 is 27.5 Å². The zero-order chi connectivity index (χ0) is 25.8. The van der Waals surface area contributed by atoms with Crippen molar-refractivity contribution < 1.29 is 18.0 Å². The molecule has 0 saturated heterocycles. The Morgan fingerprint density at radius 1 is 0.943 bits per heavy atom.